The molecule has 1 heterocycles. The highest BCUT2D eigenvalue weighted by Gasteiger charge is 2.11. The third kappa shape index (κ3) is 3.11. The summed E-state index contributed by atoms with van der Waals surface area (Å²) in [6, 6.07) is 3.37. The van der Waals surface area contributed by atoms with Crippen LogP contribution in [0.15, 0.2) is 18.5 Å². The van der Waals surface area contributed by atoms with Crippen LogP contribution < -0.4 is 10.5 Å². The van der Waals surface area contributed by atoms with E-state index in [2.05, 4.69) is 10.1 Å². The first kappa shape index (κ1) is 14.0. The second kappa shape index (κ2) is 5.67. The summed E-state index contributed by atoms with van der Waals surface area (Å²) in [5, 5.41) is 4.93. The van der Waals surface area contributed by atoms with E-state index in [1.165, 1.54) is 6.33 Å². The molecule has 0 spiro atoms. The molecule has 2 aromatic rings. The third-order valence-corrected chi connectivity index (χ3v) is 3.27. The molecule has 102 valence electrons. The van der Waals surface area contributed by atoms with Gasteiger partial charge in [-0.3, -0.25) is 0 Å². The normalized spacial score (nSPS) is 11.0. The van der Waals surface area contributed by atoms with Crippen LogP contribution in [0.5, 0.6) is 5.75 Å². The quantitative estimate of drug-likeness (QED) is 0.880. The number of ether oxygens (including phenoxy) is 1. The van der Waals surface area contributed by atoms with Gasteiger partial charge < -0.3 is 10.5 Å². The molecule has 0 bridgehead atoms. The Hall–Kier alpha value is -1.46. The zero-order valence-electron chi connectivity index (χ0n) is 10.6. The molecular formula is C12H14Cl2N4O. The van der Waals surface area contributed by atoms with Crippen molar-refractivity contribution in [3.8, 4) is 5.75 Å². The predicted molar refractivity (Wildman–Crippen MR) is 75.6 cm³/mol. The summed E-state index contributed by atoms with van der Waals surface area (Å²) in [5.41, 5.74) is 6.25. The van der Waals surface area contributed by atoms with Gasteiger partial charge in [-0.15, -0.1) is 0 Å². The molecule has 7 heteroatoms. The van der Waals surface area contributed by atoms with Crippen LogP contribution in [-0.2, 0) is 6.61 Å². The zero-order valence-corrected chi connectivity index (χ0v) is 12.1. The summed E-state index contributed by atoms with van der Waals surface area (Å²) in [5.74, 6) is 1.20. The summed E-state index contributed by atoms with van der Waals surface area (Å²) >= 11 is 11.8. The Morgan fingerprint density at radius 2 is 2.00 bits per heavy atom. The highest BCUT2D eigenvalue weighted by Crippen LogP contribution is 2.32. The molecule has 1 aromatic carbocycles. The average molecular weight is 301 g/mol. The van der Waals surface area contributed by atoms with Gasteiger partial charge in [-0.2, -0.15) is 5.10 Å². The minimum Gasteiger partial charge on any atom is -0.483 e. The molecule has 0 saturated carbocycles. The molecule has 0 unspecified atom stereocenters. The third-order valence-electron chi connectivity index (χ3n) is 2.55. The number of nitrogen functional groups attached to an aromatic ring is 1. The molecule has 0 radical (unpaired) electrons. The number of hydrogen-bond donors (Lipinski definition) is 1. The molecule has 0 aliphatic carbocycles. The molecular weight excluding hydrogens is 287 g/mol. The lowest BCUT2D eigenvalue weighted by molar-refractivity contribution is 0.284. The van der Waals surface area contributed by atoms with Crippen molar-refractivity contribution in [2.45, 2.75) is 26.5 Å². The van der Waals surface area contributed by atoms with Crippen molar-refractivity contribution in [3.63, 3.8) is 0 Å². The van der Waals surface area contributed by atoms with Crippen LogP contribution >= 0.6 is 23.2 Å². The molecule has 0 fully saturated rings. The summed E-state index contributed by atoms with van der Waals surface area (Å²) in [6.45, 7) is 4.30. The van der Waals surface area contributed by atoms with Crippen molar-refractivity contribution in [2.24, 2.45) is 0 Å². The zero-order chi connectivity index (χ0) is 14.0. The van der Waals surface area contributed by atoms with Gasteiger partial charge in [-0.1, -0.05) is 23.2 Å². The fraction of sp³-hybridized carbons (Fsp3) is 0.333. The molecule has 0 aliphatic rings. The lowest BCUT2D eigenvalue weighted by Crippen LogP contribution is -2.11. The minimum atomic E-state index is 0.215. The molecule has 0 amide bonds. The number of aromatic nitrogens is 3. The Kier molecular flexibility index (Phi) is 4.17. The van der Waals surface area contributed by atoms with Gasteiger partial charge in [0.25, 0.3) is 0 Å². The SMILES string of the molecule is CC(C)n1ncnc1COc1cc(Cl)c(Cl)cc1N. The van der Waals surface area contributed by atoms with E-state index in [4.69, 9.17) is 33.7 Å². The fourth-order valence-electron chi connectivity index (χ4n) is 1.62. The molecule has 2 N–H and O–H groups in total. The van der Waals surface area contributed by atoms with E-state index in [1.807, 2.05) is 13.8 Å². The van der Waals surface area contributed by atoms with Crippen LogP contribution in [-0.4, -0.2) is 14.8 Å². The maximum absolute atomic E-state index is 5.93. The van der Waals surface area contributed by atoms with Crippen molar-refractivity contribution in [1.29, 1.82) is 0 Å². The van der Waals surface area contributed by atoms with Crippen LogP contribution in [0.2, 0.25) is 10.0 Å². The van der Waals surface area contributed by atoms with E-state index in [0.717, 1.165) is 5.82 Å². The second-order valence-corrected chi connectivity index (χ2v) is 5.12. The van der Waals surface area contributed by atoms with Crippen molar-refractivity contribution in [2.75, 3.05) is 5.73 Å². The topological polar surface area (TPSA) is 66.0 Å². The Morgan fingerprint density at radius 3 is 2.68 bits per heavy atom. The summed E-state index contributed by atoms with van der Waals surface area (Å²) < 4.78 is 7.40. The first-order chi connectivity index (χ1) is 8.99. The van der Waals surface area contributed by atoms with Crippen molar-refractivity contribution in [1.82, 2.24) is 14.8 Å². The highest BCUT2D eigenvalue weighted by atomic mass is 35.5. The van der Waals surface area contributed by atoms with E-state index < -0.39 is 0 Å². The van der Waals surface area contributed by atoms with Crippen LogP contribution in [0.3, 0.4) is 0 Å². The number of nitrogens with zero attached hydrogens (tertiary/aromatic N) is 3. The maximum atomic E-state index is 5.93. The number of halogens is 2. The van der Waals surface area contributed by atoms with E-state index in [0.29, 0.717) is 21.5 Å². The molecule has 2 rings (SSSR count). The first-order valence-electron chi connectivity index (χ1n) is 5.74. The van der Waals surface area contributed by atoms with Gasteiger partial charge in [0.15, 0.2) is 5.82 Å². The van der Waals surface area contributed by atoms with Crippen molar-refractivity contribution >= 4 is 28.9 Å². The van der Waals surface area contributed by atoms with Gasteiger partial charge in [-0.25, -0.2) is 9.67 Å². The Bertz CT molecular complexity index is 583. The average Bonchev–Trinajstić information content (AvgIpc) is 2.80. The van der Waals surface area contributed by atoms with E-state index in [9.17, 15) is 0 Å². The Labute approximate surface area is 121 Å². The molecule has 0 atom stereocenters. The smallest absolute Gasteiger partial charge is 0.165 e. The standard InChI is InChI=1S/C12H14Cl2N4O/c1-7(2)18-12(16-6-17-18)5-19-11-4-9(14)8(13)3-10(11)15/h3-4,6-7H,5,15H2,1-2H3. The number of hydrogen-bond acceptors (Lipinski definition) is 4. The van der Waals surface area contributed by atoms with Gasteiger partial charge in [0, 0.05) is 12.1 Å². The number of rotatable bonds is 4. The first-order valence-corrected chi connectivity index (χ1v) is 6.50. The van der Waals surface area contributed by atoms with E-state index in [-0.39, 0.29) is 12.6 Å². The van der Waals surface area contributed by atoms with Crippen LogP contribution in [0, 0.1) is 0 Å². The summed E-state index contributed by atoms with van der Waals surface area (Å²) in [6.07, 6.45) is 1.50. The molecule has 0 aliphatic heterocycles. The largest absolute Gasteiger partial charge is 0.483 e. The predicted octanol–water partition coefficient (Wildman–Crippen LogP) is 3.33. The molecule has 5 nitrogen and oxygen atoms in total. The number of benzene rings is 1. The van der Waals surface area contributed by atoms with Crippen LogP contribution in [0.1, 0.15) is 25.7 Å². The highest BCUT2D eigenvalue weighted by molar-refractivity contribution is 6.42. The lowest BCUT2D eigenvalue weighted by atomic mass is 10.3. The summed E-state index contributed by atoms with van der Waals surface area (Å²) in [4.78, 5) is 4.15. The Morgan fingerprint density at radius 1 is 1.32 bits per heavy atom. The van der Waals surface area contributed by atoms with Crippen molar-refractivity contribution < 1.29 is 4.74 Å². The summed E-state index contributed by atoms with van der Waals surface area (Å²) in [7, 11) is 0. The van der Waals surface area contributed by atoms with Crippen LogP contribution in [0.4, 0.5) is 5.69 Å². The number of nitrogens with two attached hydrogens (primary N) is 1. The minimum absolute atomic E-state index is 0.215. The number of anilines is 1. The second-order valence-electron chi connectivity index (χ2n) is 4.31. The molecule has 0 saturated heterocycles. The van der Waals surface area contributed by atoms with Gasteiger partial charge in [-0.05, 0) is 19.9 Å². The van der Waals surface area contributed by atoms with Gasteiger partial charge in [0.1, 0.15) is 18.7 Å². The van der Waals surface area contributed by atoms with Gasteiger partial charge in [0.2, 0.25) is 0 Å². The van der Waals surface area contributed by atoms with Gasteiger partial charge in [0.05, 0.1) is 15.7 Å². The lowest BCUT2D eigenvalue weighted by Gasteiger charge is -2.12. The molecule has 1 aromatic heterocycles. The van der Waals surface area contributed by atoms with Crippen molar-refractivity contribution in [3.05, 3.63) is 34.3 Å². The Balaban J connectivity index is 2.15. The maximum Gasteiger partial charge on any atom is 0.165 e. The van der Waals surface area contributed by atoms with Gasteiger partial charge >= 0.3 is 0 Å². The molecule has 19 heavy (non-hydrogen) atoms. The fourth-order valence-corrected chi connectivity index (χ4v) is 1.95. The van der Waals surface area contributed by atoms with E-state index in [1.54, 1.807) is 16.8 Å². The van der Waals surface area contributed by atoms with Crippen LogP contribution in [0.25, 0.3) is 0 Å². The van der Waals surface area contributed by atoms with E-state index >= 15 is 0 Å². The monoisotopic (exact) mass is 300 g/mol.